The Balaban J connectivity index is 1.63. The van der Waals surface area contributed by atoms with E-state index in [0.717, 1.165) is 50.5 Å². The van der Waals surface area contributed by atoms with Crippen LogP contribution in [0.4, 0.5) is 5.82 Å². The molecule has 9 heteroatoms. The highest BCUT2D eigenvalue weighted by Crippen LogP contribution is 2.36. The molecule has 0 spiro atoms. The minimum Gasteiger partial charge on any atom is -0.378 e. The number of hydrogen-bond acceptors (Lipinski definition) is 7. The molecule has 0 bridgehead atoms. The number of amides is 1. The van der Waals surface area contributed by atoms with E-state index in [1.165, 1.54) is 0 Å². The number of fused-ring (bicyclic) bond motifs is 2. The van der Waals surface area contributed by atoms with Crippen molar-refractivity contribution in [3.8, 4) is 11.4 Å². The summed E-state index contributed by atoms with van der Waals surface area (Å²) in [5.74, 6) is 1.67. The highest BCUT2D eigenvalue weighted by molar-refractivity contribution is 7.19. The van der Waals surface area contributed by atoms with Gasteiger partial charge in [0.2, 0.25) is 5.91 Å². The zero-order chi connectivity index (χ0) is 20.5. The average molecular weight is 423 g/mol. The number of rotatable bonds is 5. The number of carbonyl (C=O) groups excluding carboxylic acids is 1. The van der Waals surface area contributed by atoms with Crippen LogP contribution in [0.25, 0.3) is 32.5 Å². The van der Waals surface area contributed by atoms with Crippen LogP contribution in [0.2, 0.25) is 0 Å². The Labute approximate surface area is 177 Å². The van der Waals surface area contributed by atoms with Crippen LogP contribution in [-0.4, -0.2) is 59.4 Å². The number of aryl methyl sites for hydroxylation is 1. The van der Waals surface area contributed by atoms with Crippen LogP contribution in [0, 0.1) is 0 Å². The van der Waals surface area contributed by atoms with Crippen LogP contribution in [0.5, 0.6) is 0 Å². The van der Waals surface area contributed by atoms with Gasteiger partial charge in [0.05, 0.1) is 35.1 Å². The van der Waals surface area contributed by atoms with Crippen molar-refractivity contribution in [2.75, 3.05) is 38.3 Å². The maximum absolute atomic E-state index is 11.7. The number of morpholine rings is 1. The number of aromatic amines is 1. The monoisotopic (exact) mass is 422 g/mol. The van der Waals surface area contributed by atoms with E-state index in [9.17, 15) is 4.79 Å². The van der Waals surface area contributed by atoms with Crippen LogP contribution in [0.3, 0.4) is 0 Å². The zero-order valence-corrected chi connectivity index (χ0v) is 17.5. The van der Waals surface area contributed by atoms with Gasteiger partial charge in [0.15, 0.2) is 11.6 Å². The van der Waals surface area contributed by atoms with Gasteiger partial charge < -0.3 is 15.0 Å². The molecular formula is C21H22N6O2S. The zero-order valence-electron chi connectivity index (χ0n) is 16.6. The van der Waals surface area contributed by atoms with Crippen LogP contribution in [-0.2, 0) is 16.0 Å². The van der Waals surface area contributed by atoms with Crippen LogP contribution in [0.15, 0.2) is 30.5 Å². The van der Waals surface area contributed by atoms with E-state index in [1.54, 1.807) is 18.4 Å². The van der Waals surface area contributed by atoms with Gasteiger partial charge in [-0.25, -0.2) is 9.97 Å². The molecule has 0 aliphatic carbocycles. The lowest BCUT2D eigenvalue weighted by Gasteiger charge is -2.28. The summed E-state index contributed by atoms with van der Waals surface area (Å²) < 4.78 is 6.60. The van der Waals surface area contributed by atoms with Crippen molar-refractivity contribution in [1.29, 1.82) is 0 Å². The smallest absolute Gasteiger partial charge is 0.220 e. The lowest BCUT2D eigenvalue weighted by atomic mass is 10.1. The third-order valence-electron chi connectivity index (χ3n) is 5.32. The van der Waals surface area contributed by atoms with E-state index in [-0.39, 0.29) is 5.91 Å². The molecule has 1 aromatic carbocycles. The number of nitrogens with one attached hydrogen (secondary N) is 2. The Morgan fingerprint density at radius 2 is 2.17 bits per heavy atom. The lowest BCUT2D eigenvalue weighted by Crippen LogP contribution is -2.36. The van der Waals surface area contributed by atoms with Gasteiger partial charge in [0.25, 0.3) is 0 Å². The Morgan fingerprint density at radius 3 is 3.00 bits per heavy atom. The molecule has 1 fully saturated rings. The average Bonchev–Trinajstić information content (AvgIpc) is 3.43. The molecule has 30 heavy (non-hydrogen) atoms. The number of aromatic nitrogens is 4. The first kappa shape index (κ1) is 19.0. The van der Waals surface area contributed by atoms with Crippen LogP contribution >= 0.6 is 11.3 Å². The third-order valence-corrected chi connectivity index (χ3v) is 6.50. The molecule has 1 aliphatic heterocycles. The highest BCUT2D eigenvalue weighted by atomic mass is 32.1. The molecule has 4 heterocycles. The lowest BCUT2D eigenvalue weighted by molar-refractivity contribution is -0.120. The molecule has 1 saturated heterocycles. The number of carbonyl (C=O) groups is 1. The van der Waals surface area contributed by atoms with E-state index < -0.39 is 0 Å². The third kappa shape index (κ3) is 3.50. The molecule has 2 N–H and O–H groups in total. The fourth-order valence-electron chi connectivity index (χ4n) is 3.72. The molecule has 1 amide bonds. The molecule has 0 radical (unpaired) electrons. The number of ether oxygens (including phenoxy) is 1. The second-order valence-corrected chi connectivity index (χ2v) is 8.34. The van der Waals surface area contributed by atoms with Crippen molar-refractivity contribution in [2.24, 2.45) is 0 Å². The number of nitrogens with zero attached hydrogens (tertiary/aromatic N) is 4. The Kier molecular flexibility index (Phi) is 5.06. The summed E-state index contributed by atoms with van der Waals surface area (Å²) in [6.45, 7) is 2.97. The molecule has 1 aliphatic rings. The largest absolute Gasteiger partial charge is 0.378 e. The first-order chi connectivity index (χ1) is 14.7. The molecule has 0 saturated carbocycles. The van der Waals surface area contributed by atoms with Gasteiger partial charge in [-0.15, -0.1) is 11.3 Å². The Hall–Kier alpha value is -3.04. The van der Waals surface area contributed by atoms with E-state index in [2.05, 4.69) is 26.5 Å². The molecule has 5 rings (SSSR count). The van der Waals surface area contributed by atoms with Crippen molar-refractivity contribution in [3.63, 3.8) is 0 Å². The summed E-state index contributed by atoms with van der Waals surface area (Å²) in [4.78, 5) is 25.0. The quantitative estimate of drug-likeness (QED) is 0.513. The predicted molar refractivity (Wildman–Crippen MR) is 118 cm³/mol. The summed E-state index contributed by atoms with van der Waals surface area (Å²) in [5.41, 5.74) is 2.83. The van der Waals surface area contributed by atoms with Gasteiger partial charge in [-0.1, -0.05) is 12.1 Å². The van der Waals surface area contributed by atoms with Crippen molar-refractivity contribution in [1.82, 2.24) is 25.5 Å². The van der Waals surface area contributed by atoms with Gasteiger partial charge in [-0.2, -0.15) is 5.10 Å². The van der Waals surface area contributed by atoms with Crippen molar-refractivity contribution in [3.05, 3.63) is 35.3 Å². The molecule has 8 nitrogen and oxygen atoms in total. The van der Waals surface area contributed by atoms with E-state index in [1.807, 2.05) is 24.4 Å². The fraction of sp³-hybridized carbons (Fsp3) is 0.333. The number of benzene rings is 1. The van der Waals surface area contributed by atoms with Crippen LogP contribution in [0.1, 0.15) is 11.3 Å². The highest BCUT2D eigenvalue weighted by Gasteiger charge is 2.21. The number of thiophene rings is 1. The van der Waals surface area contributed by atoms with Crippen molar-refractivity contribution in [2.45, 2.75) is 12.8 Å². The second kappa shape index (κ2) is 8.00. The van der Waals surface area contributed by atoms with Gasteiger partial charge in [0.1, 0.15) is 0 Å². The van der Waals surface area contributed by atoms with E-state index in [0.29, 0.717) is 31.9 Å². The van der Waals surface area contributed by atoms with E-state index in [4.69, 9.17) is 14.7 Å². The molecule has 3 aromatic heterocycles. The van der Waals surface area contributed by atoms with Gasteiger partial charge in [0, 0.05) is 42.4 Å². The fourth-order valence-corrected chi connectivity index (χ4v) is 4.83. The van der Waals surface area contributed by atoms with Gasteiger partial charge >= 0.3 is 0 Å². The predicted octanol–water partition coefficient (Wildman–Crippen LogP) is 2.75. The van der Waals surface area contributed by atoms with Crippen molar-refractivity contribution >= 4 is 44.2 Å². The summed E-state index contributed by atoms with van der Waals surface area (Å²) in [7, 11) is 1.66. The summed E-state index contributed by atoms with van der Waals surface area (Å²) in [5, 5.41) is 10.9. The van der Waals surface area contributed by atoms with Crippen molar-refractivity contribution < 1.29 is 9.53 Å². The number of hydrogen-bond donors (Lipinski definition) is 2. The van der Waals surface area contributed by atoms with Gasteiger partial charge in [-0.05, 0) is 18.6 Å². The summed E-state index contributed by atoms with van der Waals surface area (Å²) in [6, 6.07) is 8.10. The second-order valence-electron chi connectivity index (χ2n) is 7.21. The first-order valence-electron chi connectivity index (χ1n) is 9.99. The maximum atomic E-state index is 11.7. The Morgan fingerprint density at radius 1 is 1.30 bits per heavy atom. The molecule has 4 aromatic rings. The standard InChI is InChI=1S/C21H22N6O2S/c1-22-18(28)6-5-13-11-17-19(30-13)21(27-7-9-29-10-8-27)25-20(24-17)14-3-2-4-16-15(14)12-23-26-16/h2-4,11-12H,5-10H2,1H3,(H,22,28)(H,23,26). The summed E-state index contributed by atoms with van der Waals surface area (Å²) >= 11 is 1.67. The molecular weight excluding hydrogens is 400 g/mol. The minimum absolute atomic E-state index is 0.0410. The number of anilines is 1. The first-order valence-corrected chi connectivity index (χ1v) is 10.8. The maximum Gasteiger partial charge on any atom is 0.220 e. The minimum atomic E-state index is 0.0410. The SMILES string of the molecule is CNC(=O)CCc1cc2nc(-c3cccc4[nH]ncc34)nc(N3CCOCC3)c2s1. The van der Waals surface area contributed by atoms with Crippen LogP contribution < -0.4 is 10.2 Å². The number of H-pyrrole nitrogens is 1. The molecule has 0 atom stereocenters. The molecule has 154 valence electrons. The molecule has 0 unspecified atom stereocenters. The normalized spacial score (nSPS) is 14.5. The van der Waals surface area contributed by atoms with Gasteiger partial charge in [-0.3, -0.25) is 9.89 Å². The van der Waals surface area contributed by atoms with E-state index >= 15 is 0 Å². The summed E-state index contributed by atoms with van der Waals surface area (Å²) in [6.07, 6.45) is 2.97. The topological polar surface area (TPSA) is 96.0 Å². The Bertz CT molecular complexity index is 1210.